The van der Waals surface area contributed by atoms with E-state index in [1.807, 2.05) is 30.3 Å². The predicted molar refractivity (Wildman–Crippen MR) is 220 cm³/mol. The molecule has 322 valence electrons. The Morgan fingerprint density at radius 1 is 0.767 bits per heavy atom. The zero-order valence-corrected chi connectivity index (χ0v) is 33.6. The molecule has 1 fully saturated rings. The van der Waals surface area contributed by atoms with Gasteiger partial charge in [-0.1, -0.05) is 24.3 Å². The second-order valence-electron chi connectivity index (χ2n) is 13.5. The van der Waals surface area contributed by atoms with Crippen molar-refractivity contribution in [1.82, 2.24) is 30.5 Å². The first-order valence-electron chi connectivity index (χ1n) is 20.0. The van der Waals surface area contributed by atoms with E-state index in [1.54, 1.807) is 18.6 Å². The van der Waals surface area contributed by atoms with E-state index in [0.717, 1.165) is 34.6 Å². The van der Waals surface area contributed by atoms with Gasteiger partial charge >= 0.3 is 0 Å². The van der Waals surface area contributed by atoms with Crippen LogP contribution in [0.4, 0.5) is 17.2 Å². The predicted octanol–water partition coefficient (Wildman–Crippen LogP) is 1.15. The van der Waals surface area contributed by atoms with E-state index in [-0.39, 0.29) is 49.3 Å². The van der Waals surface area contributed by atoms with E-state index >= 15 is 0 Å². The molecular weight excluding hydrogens is 779 g/mol. The molecule has 0 unspecified atom stereocenters. The minimum atomic E-state index is -0.480. The monoisotopic (exact) mass is 831 g/mol. The van der Waals surface area contributed by atoms with Crippen LogP contribution in [0.3, 0.4) is 0 Å². The molecule has 3 aromatic rings. The molecule has 0 atom stereocenters. The molecule has 5 rings (SSSR count). The molecular formula is C41H53N9O10. The van der Waals surface area contributed by atoms with Gasteiger partial charge in [0.25, 0.3) is 17.7 Å². The number of pyridine rings is 1. The summed E-state index contributed by atoms with van der Waals surface area (Å²) in [5.41, 5.74) is 9.88. The summed E-state index contributed by atoms with van der Waals surface area (Å²) >= 11 is 0. The number of ether oxygens (including phenoxy) is 5. The highest BCUT2D eigenvalue weighted by Crippen LogP contribution is 2.27. The fourth-order valence-corrected chi connectivity index (χ4v) is 6.04. The van der Waals surface area contributed by atoms with Crippen LogP contribution in [0, 0.1) is 0 Å². The maximum Gasteiger partial charge on any atom is 0.278 e. The zero-order chi connectivity index (χ0) is 42.4. The van der Waals surface area contributed by atoms with Crippen LogP contribution in [0.15, 0.2) is 61.1 Å². The fourth-order valence-electron chi connectivity index (χ4n) is 6.04. The van der Waals surface area contributed by atoms with Crippen molar-refractivity contribution < 1.29 is 47.7 Å². The number of hydrogen-bond donors (Lipinski definition) is 4. The Kier molecular flexibility index (Phi) is 18.8. The molecule has 0 spiro atoms. The maximum atomic E-state index is 13.3. The highest BCUT2D eigenvalue weighted by Gasteiger charge is 2.24. The van der Waals surface area contributed by atoms with Gasteiger partial charge in [0.1, 0.15) is 0 Å². The Morgan fingerprint density at radius 2 is 1.40 bits per heavy atom. The van der Waals surface area contributed by atoms with Crippen LogP contribution in [-0.2, 0) is 49.3 Å². The van der Waals surface area contributed by atoms with Crippen LogP contribution in [0.25, 0.3) is 11.3 Å². The van der Waals surface area contributed by atoms with Gasteiger partial charge in [0.2, 0.25) is 11.8 Å². The quantitative estimate of drug-likeness (QED) is 0.0656. The molecule has 2 aliphatic heterocycles. The molecule has 5 N–H and O–H groups in total. The van der Waals surface area contributed by atoms with Gasteiger partial charge < -0.3 is 50.3 Å². The molecule has 2 aromatic heterocycles. The van der Waals surface area contributed by atoms with Crippen LogP contribution >= 0.6 is 0 Å². The van der Waals surface area contributed by atoms with Crippen molar-refractivity contribution >= 4 is 46.7 Å². The first-order valence-corrected chi connectivity index (χ1v) is 20.0. The highest BCUT2D eigenvalue weighted by atomic mass is 16.6. The molecule has 0 bridgehead atoms. The second-order valence-corrected chi connectivity index (χ2v) is 13.5. The van der Waals surface area contributed by atoms with Crippen molar-refractivity contribution in [1.29, 1.82) is 0 Å². The number of nitrogen functional groups attached to an aromatic ring is 1. The molecule has 4 heterocycles. The summed E-state index contributed by atoms with van der Waals surface area (Å²) in [6, 6.07) is 9.66. The van der Waals surface area contributed by atoms with Crippen molar-refractivity contribution in [3.8, 4) is 11.3 Å². The van der Waals surface area contributed by atoms with Gasteiger partial charge in [0.15, 0.2) is 11.5 Å². The Balaban J connectivity index is 0.847. The second kappa shape index (κ2) is 24.9. The van der Waals surface area contributed by atoms with Crippen LogP contribution in [0.2, 0.25) is 0 Å². The molecule has 5 amide bonds. The smallest absolute Gasteiger partial charge is 0.278 e. The molecule has 0 aliphatic carbocycles. The van der Waals surface area contributed by atoms with Gasteiger partial charge in [-0.05, 0) is 24.5 Å². The summed E-state index contributed by atoms with van der Waals surface area (Å²) in [5.74, 6) is -1.63. The van der Waals surface area contributed by atoms with E-state index in [9.17, 15) is 24.0 Å². The van der Waals surface area contributed by atoms with Gasteiger partial charge in [-0.25, -0.2) is 9.97 Å². The third-order valence-electron chi connectivity index (χ3n) is 9.25. The number of morpholine rings is 1. The van der Waals surface area contributed by atoms with Gasteiger partial charge in [0.05, 0.1) is 95.5 Å². The number of aryl methyl sites for hydroxylation is 1. The summed E-state index contributed by atoms with van der Waals surface area (Å²) in [6.07, 6.45) is 9.00. The van der Waals surface area contributed by atoms with Crippen LogP contribution in [0.1, 0.15) is 35.3 Å². The lowest BCUT2D eigenvalue weighted by molar-refractivity contribution is -0.137. The van der Waals surface area contributed by atoms with E-state index in [1.165, 1.54) is 12.2 Å². The summed E-state index contributed by atoms with van der Waals surface area (Å²) < 4.78 is 27.3. The number of imide groups is 1. The number of benzene rings is 1. The van der Waals surface area contributed by atoms with Crippen molar-refractivity contribution in [2.75, 3.05) is 115 Å². The lowest BCUT2D eigenvalue weighted by atomic mass is 10.1. The minimum absolute atomic E-state index is 0.0224. The third kappa shape index (κ3) is 15.1. The normalized spacial score (nSPS) is 13.8. The zero-order valence-electron chi connectivity index (χ0n) is 33.6. The minimum Gasteiger partial charge on any atom is -0.382 e. The van der Waals surface area contributed by atoms with Crippen molar-refractivity contribution in [3.63, 3.8) is 0 Å². The Bertz CT molecular complexity index is 1890. The first-order chi connectivity index (χ1) is 29.3. The van der Waals surface area contributed by atoms with Crippen LogP contribution in [0.5, 0.6) is 0 Å². The molecule has 19 nitrogen and oxygen atoms in total. The van der Waals surface area contributed by atoms with E-state index in [4.69, 9.17) is 29.4 Å². The number of carbonyl (C=O) groups is 5. The molecule has 2 aliphatic rings. The number of nitrogens with zero attached hydrogens (tertiary/aromatic N) is 5. The Labute approximate surface area is 348 Å². The average molecular weight is 832 g/mol. The number of nitrogens with one attached hydrogen (secondary N) is 3. The van der Waals surface area contributed by atoms with E-state index in [2.05, 4.69) is 35.8 Å². The molecule has 60 heavy (non-hydrogen) atoms. The van der Waals surface area contributed by atoms with E-state index in [0.29, 0.717) is 97.0 Å². The topological polar surface area (TPSA) is 239 Å². The van der Waals surface area contributed by atoms with Crippen molar-refractivity contribution in [2.45, 2.75) is 25.7 Å². The van der Waals surface area contributed by atoms with Crippen LogP contribution in [-0.4, -0.2) is 148 Å². The number of anilines is 3. The van der Waals surface area contributed by atoms with Crippen molar-refractivity contribution in [3.05, 3.63) is 72.3 Å². The number of hydrogen-bond acceptors (Lipinski definition) is 15. The van der Waals surface area contributed by atoms with E-state index < -0.39 is 17.7 Å². The summed E-state index contributed by atoms with van der Waals surface area (Å²) in [5, 5.41) is 8.49. The lowest BCUT2D eigenvalue weighted by Gasteiger charge is -2.30. The number of amides is 5. The molecule has 0 radical (unpaired) electrons. The van der Waals surface area contributed by atoms with Gasteiger partial charge in [0, 0.05) is 69.5 Å². The summed E-state index contributed by atoms with van der Waals surface area (Å²) in [7, 11) is 0. The molecule has 0 saturated carbocycles. The van der Waals surface area contributed by atoms with Crippen LogP contribution < -0.4 is 26.6 Å². The standard InChI is InChI=1S/C41H53N9O10/c42-40-39(41(55)48-33-28-43-13-9-34(33)49-16-20-58-21-17-49)47-32(29-46-40)31-5-3-30(4-6-31)2-1-12-44-36(52)11-18-56-22-24-59-26-27-60-25-23-57-19-14-45-35(51)10-15-50-37(53)7-8-38(50)54/h3-9,13,28-29H,1-2,10-12,14-27H2,(H2,42,46)(H,44,52)(H,45,51)(H,48,55). The SMILES string of the molecule is Nc1ncc(-c2ccc(CCCNC(=O)CCOCCOCCOCCOCCNC(=O)CCN3C(=O)C=CC3=O)cc2)nc1C(=O)Nc1cnccc1N1CCOCC1. The maximum absolute atomic E-state index is 13.3. The lowest BCUT2D eigenvalue weighted by Crippen LogP contribution is -2.36. The van der Waals surface area contributed by atoms with Gasteiger partial charge in [-0.15, -0.1) is 0 Å². The fraction of sp³-hybridized carbons (Fsp3) is 0.463. The number of rotatable bonds is 26. The molecule has 19 heteroatoms. The van der Waals surface area contributed by atoms with Crippen molar-refractivity contribution in [2.24, 2.45) is 0 Å². The van der Waals surface area contributed by atoms with Gasteiger partial charge in [-0.2, -0.15) is 0 Å². The molecule has 1 saturated heterocycles. The number of nitrogens with two attached hydrogens (primary N) is 1. The Morgan fingerprint density at radius 3 is 2.10 bits per heavy atom. The van der Waals surface area contributed by atoms with Gasteiger partial charge in [-0.3, -0.25) is 33.9 Å². The Hall–Kier alpha value is -5.86. The summed E-state index contributed by atoms with van der Waals surface area (Å²) in [6.45, 7) is 6.33. The number of aromatic nitrogens is 3. The average Bonchev–Trinajstić information content (AvgIpc) is 3.59. The number of carbonyl (C=O) groups excluding carboxylic acids is 5. The highest BCUT2D eigenvalue weighted by molar-refractivity contribution is 6.13. The summed E-state index contributed by atoms with van der Waals surface area (Å²) in [4.78, 5) is 76.5. The molecule has 1 aromatic carbocycles. The first kappa shape index (κ1) is 45.2. The largest absolute Gasteiger partial charge is 0.382 e. The third-order valence-corrected chi connectivity index (χ3v) is 9.25.